The summed E-state index contributed by atoms with van der Waals surface area (Å²) in [6.45, 7) is 10.9. The van der Waals surface area contributed by atoms with Crippen LogP contribution < -0.4 is 0 Å². The minimum absolute atomic E-state index is 0.0419. The molecule has 0 aromatic heterocycles. The van der Waals surface area contributed by atoms with Crippen LogP contribution in [0.2, 0.25) is 0 Å². The molecule has 0 saturated heterocycles. The van der Waals surface area contributed by atoms with Crippen molar-refractivity contribution in [2.75, 3.05) is 0 Å². The lowest BCUT2D eigenvalue weighted by atomic mass is 9.60. The van der Waals surface area contributed by atoms with E-state index in [1.54, 1.807) is 0 Å². The van der Waals surface area contributed by atoms with Crippen molar-refractivity contribution < 1.29 is 9.63 Å². The molecule has 1 N–H and O–H groups in total. The van der Waals surface area contributed by atoms with Gasteiger partial charge in [-0.25, -0.2) is 0 Å². The summed E-state index contributed by atoms with van der Waals surface area (Å²) in [6, 6.07) is 0. The van der Waals surface area contributed by atoms with E-state index in [4.69, 9.17) is 4.52 Å². The van der Waals surface area contributed by atoms with Gasteiger partial charge in [0.15, 0.2) is 0 Å². The first-order valence-electron chi connectivity index (χ1n) is 9.06. The van der Waals surface area contributed by atoms with Crippen LogP contribution in [0.25, 0.3) is 0 Å². The fourth-order valence-electron chi connectivity index (χ4n) is 5.24. The van der Waals surface area contributed by atoms with Gasteiger partial charge < -0.3 is 9.63 Å². The van der Waals surface area contributed by atoms with Crippen LogP contribution in [-0.4, -0.2) is 16.8 Å². The second kappa shape index (κ2) is 7.32. The number of rotatable bonds is 7. The van der Waals surface area contributed by atoms with E-state index in [1.807, 2.05) is 0 Å². The van der Waals surface area contributed by atoms with E-state index in [2.05, 4.69) is 42.9 Å². The Morgan fingerprint density at radius 2 is 2.14 bits per heavy atom. The summed E-state index contributed by atoms with van der Waals surface area (Å²) in [5.41, 5.74) is 0.156. The predicted molar refractivity (Wildman–Crippen MR) is 96.6 cm³/mol. The Hall–Kier alpha value is 0.0900. The van der Waals surface area contributed by atoms with Crippen LogP contribution in [0.4, 0.5) is 0 Å². The van der Waals surface area contributed by atoms with Crippen LogP contribution >= 0.6 is 9.47 Å². The molecule has 0 amide bonds. The highest BCUT2D eigenvalue weighted by molar-refractivity contribution is 7.09. The van der Waals surface area contributed by atoms with Crippen LogP contribution in [0, 0.1) is 23.2 Å². The maximum atomic E-state index is 10.4. The molecule has 2 nitrogen and oxygen atoms in total. The minimum atomic E-state index is -0.103. The highest BCUT2D eigenvalue weighted by Crippen LogP contribution is 2.59. The molecule has 2 fully saturated rings. The molecule has 0 spiro atoms. The van der Waals surface area contributed by atoms with Crippen molar-refractivity contribution in [2.24, 2.45) is 23.2 Å². The van der Waals surface area contributed by atoms with Gasteiger partial charge in [0.2, 0.25) is 0 Å². The molecule has 2 aliphatic rings. The zero-order valence-electron chi connectivity index (χ0n) is 14.7. The van der Waals surface area contributed by atoms with Crippen molar-refractivity contribution >= 4 is 9.47 Å². The van der Waals surface area contributed by atoms with Gasteiger partial charge in [-0.05, 0) is 75.5 Å². The van der Waals surface area contributed by atoms with Crippen LogP contribution in [-0.2, 0) is 4.52 Å². The quantitative estimate of drug-likeness (QED) is 0.519. The topological polar surface area (TPSA) is 29.5 Å². The Kier molecular flexibility index (Phi) is 6.14. The first-order chi connectivity index (χ1) is 10.4. The standard InChI is InChI=1S/C19H35O2P/c1-5-19-13-7-9-17(20)16(19)11-10-15(19)14(2)8-6-12-18(3,4)21-22/h5,14-17,20H,1,6-13,22H2,2-4H3/t14-,15?,16?,17?,19-/m1/s1. The first kappa shape index (κ1) is 18.4. The van der Waals surface area contributed by atoms with Gasteiger partial charge in [0.05, 0.1) is 11.7 Å². The van der Waals surface area contributed by atoms with Crippen LogP contribution in [0.15, 0.2) is 12.7 Å². The van der Waals surface area contributed by atoms with E-state index in [0.717, 1.165) is 19.3 Å². The van der Waals surface area contributed by atoms with Gasteiger partial charge in [0, 0.05) is 9.47 Å². The summed E-state index contributed by atoms with van der Waals surface area (Å²) in [5.74, 6) is 1.86. The van der Waals surface area contributed by atoms with E-state index >= 15 is 0 Å². The smallest absolute Gasteiger partial charge is 0.0662 e. The number of aliphatic hydroxyl groups is 1. The summed E-state index contributed by atoms with van der Waals surface area (Å²) >= 11 is 0. The van der Waals surface area contributed by atoms with E-state index in [9.17, 15) is 5.11 Å². The molecule has 6 atom stereocenters. The van der Waals surface area contributed by atoms with E-state index in [0.29, 0.717) is 17.8 Å². The van der Waals surface area contributed by atoms with E-state index in [1.165, 1.54) is 32.1 Å². The van der Waals surface area contributed by atoms with E-state index in [-0.39, 0.29) is 17.1 Å². The summed E-state index contributed by atoms with van der Waals surface area (Å²) in [7, 11) is 2.40. The number of allylic oxidation sites excluding steroid dienone is 1. The molecule has 0 aromatic rings. The summed E-state index contributed by atoms with van der Waals surface area (Å²) in [6.07, 6.45) is 11.5. The predicted octanol–water partition coefficient (Wildman–Crippen LogP) is 5.12. The second-order valence-electron chi connectivity index (χ2n) is 8.31. The van der Waals surface area contributed by atoms with Crippen LogP contribution in [0.3, 0.4) is 0 Å². The number of fused-ring (bicyclic) bond motifs is 1. The molecule has 2 saturated carbocycles. The average Bonchev–Trinajstić information content (AvgIpc) is 2.88. The third-order valence-corrected chi connectivity index (χ3v) is 7.21. The fraction of sp³-hybridized carbons (Fsp3) is 0.895. The molecule has 0 aromatic carbocycles. The molecule has 0 bridgehead atoms. The lowest BCUT2D eigenvalue weighted by Crippen LogP contribution is -2.42. The van der Waals surface area contributed by atoms with Gasteiger partial charge in [-0.15, -0.1) is 6.58 Å². The van der Waals surface area contributed by atoms with Crippen molar-refractivity contribution in [3.63, 3.8) is 0 Å². The third kappa shape index (κ3) is 3.60. The molecule has 2 rings (SSSR count). The van der Waals surface area contributed by atoms with Crippen LogP contribution in [0.5, 0.6) is 0 Å². The van der Waals surface area contributed by atoms with Crippen molar-refractivity contribution in [1.29, 1.82) is 0 Å². The summed E-state index contributed by atoms with van der Waals surface area (Å²) in [4.78, 5) is 0. The SMILES string of the molecule is C=C[C@]12CCCC(O)C1CCC2[C@H](C)CCCC(C)(C)OP. The second-order valence-corrected chi connectivity index (χ2v) is 8.55. The molecule has 22 heavy (non-hydrogen) atoms. The molecule has 0 heterocycles. The van der Waals surface area contributed by atoms with E-state index < -0.39 is 0 Å². The zero-order chi connectivity index (χ0) is 16.4. The van der Waals surface area contributed by atoms with Crippen LogP contribution in [0.1, 0.15) is 72.1 Å². The fourth-order valence-corrected chi connectivity index (χ4v) is 5.36. The van der Waals surface area contributed by atoms with Gasteiger partial charge in [-0.1, -0.05) is 25.8 Å². The molecule has 0 radical (unpaired) electrons. The Bertz CT molecular complexity index is 382. The normalized spacial score (nSPS) is 36.9. The number of hydrogen-bond donors (Lipinski definition) is 1. The molecule has 4 unspecified atom stereocenters. The number of hydrogen-bond acceptors (Lipinski definition) is 2. The van der Waals surface area contributed by atoms with Gasteiger partial charge >= 0.3 is 0 Å². The Labute approximate surface area is 139 Å². The van der Waals surface area contributed by atoms with Gasteiger partial charge in [0.25, 0.3) is 0 Å². The van der Waals surface area contributed by atoms with Gasteiger partial charge in [0.1, 0.15) is 0 Å². The molecule has 0 aliphatic heterocycles. The Balaban J connectivity index is 1.97. The molecule has 128 valence electrons. The molecular formula is C19H35O2P. The molecule has 3 heteroatoms. The third-order valence-electron chi connectivity index (χ3n) is 6.57. The maximum Gasteiger partial charge on any atom is 0.0662 e. The van der Waals surface area contributed by atoms with Crippen molar-refractivity contribution in [3.05, 3.63) is 12.7 Å². The lowest BCUT2D eigenvalue weighted by molar-refractivity contribution is -0.0102. The first-order valence-corrected chi connectivity index (χ1v) is 9.53. The Morgan fingerprint density at radius 3 is 2.77 bits per heavy atom. The monoisotopic (exact) mass is 326 g/mol. The number of aliphatic hydroxyl groups excluding tert-OH is 1. The minimum Gasteiger partial charge on any atom is -0.393 e. The van der Waals surface area contributed by atoms with Gasteiger partial charge in [-0.2, -0.15) is 0 Å². The summed E-state index contributed by atoms with van der Waals surface area (Å²) < 4.78 is 5.45. The largest absolute Gasteiger partial charge is 0.393 e. The van der Waals surface area contributed by atoms with Crippen molar-refractivity contribution in [1.82, 2.24) is 0 Å². The molecule has 2 aliphatic carbocycles. The molecular weight excluding hydrogens is 291 g/mol. The average molecular weight is 326 g/mol. The lowest BCUT2D eigenvalue weighted by Gasteiger charge is -2.46. The van der Waals surface area contributed by atoms with Crippen molar-refractivity contribution in [3.8, 4) is 0 Å². The highest BCUT2D eigenvalue weighted by atomic mass is 31.0. The van der Waals surface area contributed by atoms with Crippen molar-refractivity contribution in [2.45, 2.75) is 83.8 Å². The van der Waals surface area contributed by atoms with Gasteiger partial charge in [-0.3, -0.25) is 0 Å². The zero-order valence-corrected chi connectivity index (χ0v) is 15.8. The Morgan fingerprint density at radius 1 is 1.41 bits per heavy atom. The summed E-state index contributed by atoms with van der Waals surface area (Å²) in [5, 5.41) is 10.4. The highest BCUT2D eigenvalue weighted by Gasteiger charge is 2.53. The maximum absolute atomic E-state index is 10.4.